The molecule has 3 aromatic carbocycles. The summed E-state index contributed by atoms with van der Waals surface area (Å²) in [5, 5.41) is 16.3. The lowest BCUT2D eigenvalue weighted by Crippen LogP contribution is -2.55. The summed E-state index contributed by atoms with van der Waals surface area (Å²) < 4.78 is 54.7. The number of fused-ring (bicyclic) bond motifs is 3. The van der Waals surface area contributed by atoms with Gasteiger partial charge in [0.1, 0.15) is 28.9 Å². The Bertz CT molecular complexity index is 2870. The zero-order valence-corrected chi connectivity index (χ0v) is 40.6. The van der Waals surface area contributed by atoms with Crippen molar-refractivity contribution in [3.63, 3.8) is 0 Å². The second-order valence-corrected chi connectivity index (χ2v) is 22.0. The highest BCUT2D eigenvalue weighted by molar-refractivity contribution is 7.90. The number of benzene rings is 3. The van der Waals surface area contributed by atoms with Gasteiger partial charge in [-0.2, -0.15) is 4.98 Å². The number of sulfonamides is 1. The molecule has 1 amide bonds. The molecule has 1 saturated carbocycles. The fourth-order valence-corrected chi connectivity index (χ4v) is 13.0. The van der Waals surface area contributed by atoms with E-state index in [0.29, 0.717) is 74.4 Å². The fraction of sp³-hybridized carbons (Fsp3) is 0.500. The third-order valence-corrected chi connectivity index (χ3v) is 17.0. The number of carbonyl (C=O) groups excluding carboxylic acids is 1. The monoisotopic (exact) mass is 974 g/mol. The minimum atomic E-state index is -4.59. The molecule has 1 spiro atoms. The predicted molar refractivity (Wildman–Crippen MR) is 266 cm³/mol. The summed E-state index contributed by atoms with van der Waals surface area (Å²) in [6, 6.07) is 22.4. The van der Waals surface area contributed by atoms with Gasteiger partial charge in [0.05, 0.1) is 39.8 Å². The van der Waals surface area contributed by atoms with Crippen LogP contribution in [0, 0.1) is 21.4 Å². The van der Waals surface area contributed by atoms with Crippen molar-refractivity contribution in [3.05, 3.63) is 100 Å². The van der Waals surface area contributed by atoms with E-state index in [1.807, 2.05) is 30.5 Å². The number of amides is 1. The quantitative estimate of drug-likeness (QED) is 0.0751. The van der Waals surface area contributed by atoms with E-state index in [2.05, 4.69) is 67.8 Å². The van der Waals surface area contributed by atoms with Crippen LogP contribution in [0.4, 0.5) is 28.4 Å². The number of likely N-dealkylation sites (tertiary alicyclic amines) is 1. The van der Waals surface area contributed by atoms with Gasteiger partial charge < -0.3 is 39.0 Å². The van der Waals surface area contributed by atoms with Crippen LogP contribution in [0.2, 0.25) is 0 Å². The van der Waals surface area contributed by atoms with E-state index < -0.39 is 37.5 Å². The second kappa shape index (κ2) is 19.0. The Kier molecular flexibility index (Phi) is 12.6. The van der Waals surface area contributed by atoms with Gasteiger partial charge in [0.2, 0.25) is 5.88 Å². The third kappa shape index (κ3) is 9.03. The molecule has 3 N–H and O–H groups in total. The molecule has 0 radical (unpaired) electrons. The summed E-state index contributed by atoms with van der Waals surface area (Å²) in [5.41, 5.74) is 4.23. The molecule has 70 heavy (non-hydrogen) atoms. The van der Waals surface area contributed by atoms with E-state index in [9.17, 15) is 23.3 Å². The molecule has 0 unspecified atom stereocenters. The SMILES string of the molecule is CC(C)Oc1ccccc1[C@@H]1CCCN1C1CC2(CCN(c3ccc(C(=O)NS(=O)(=O)c4ccc(NCC5CCOCC5)c([N+](=O)[O-])c4)c(N4c5cc6cc[nH]c6nc5O[C@@H]5COCC[C@@H]54)c3)CC2)C1. The lowest BCUT2D eigenvalue weighted by Gasteiger charge is -2.56. The first-order valence-corrected chi connectivity index (χ1v) is 26.5. The summed E-state index contributed by atoms with van der Waals surface area (Å²) in [6.07, 6.45) is 10.5. The Labute approximate surface area is 408 Å². The number of ether oxygens (including phenoxy) is 4. The van der Waals surface area contributed by atoms with Crippen molar-refractivity contribution in [2.45, 2.75) is 107 Å². The van der Waals surface area contributed by atoms with Crippen LogP contribution in [-0.4, -0.2) is 111 Å². The molecule has 5 aromatic rings. The van der Waals surface area contributed by atoms with Crippen molar-refractivity contribution >= 4 is 55.4 Å². The molecule has 1 aliphatic carbocycles. The van der Waals surface area contributed by atoms with Gasteiger partial charge in [-0.05, 0) is 138 Å². The molecule has 17 nitrogen and oxygen atoms in total. The van der Waals surface area contributed by atoms with Crippen LogP contribution >= 0.6 is 0 Å². The molecule has 4 saturated heterocycles. The first-order valence-electron chi connectivity index (χ1n) is 25.0. The first-order chi connectivity index (χ1) is 33.9. The molecular formula is C52H62N8O9S. The lowest BCUT2D eigenvalue weighted by atomic mass is 9.60. The molecule has 2 aromatic heterocycles. The summed E-state index contributed by atoms with van der Waals surface area (Å²) >= 11 is 0. The van der Waals surface area contributed by atoms with E-state index in [1.165, 1.54) is 37.0 Å². The number of para-hydroxylation sites is 1. The van der Waals surface area contributed by atoms with Gasteiger partial charge in [0, 0.05) is 80.4 Å². The molecule has 3 atom stereocenters. The van der Waals surface area contributed by atoms with E-state index in [4.69, 9.17) is 23.9 Å². The Hall–Kier alpha value is -5.95. The Morgan fingerprint density at radius 1 is 0.957 bits per heavy atom. The molecule has 370 valence electrons. The molecule has 11 rings (SSSR count). The average Bonchev–Trinajstić information content (AvgIpc) is 4.03. The number of nitrogens with zero attached hydrogens (tertiary/aromatic N) is 5. The standard InChI is InChI=1S/C52H62N8O9S/c1-33(2)68-47-8-4-3-6-39(47)42-7-5-20-58(42)37-29-52(30-37)17-21-57(22-18-52)36-9-11-40(44(27-36)59-43-16-25-67-32-48(43)69-51-46(59)26-35-13-19-53-49(35)55-51)50(61)56-70(64,65)38-10-12-41(45(28-38)60(62)63)54-31-34-14-23-66-24-15-34/h3-4,6,8-13,19,26-28,33-34,37,42-43,48,54H,5,7,14-18,20-25,29-32H2,1-2H3,(H,53,55)(H,56,61)/t42-,43-,48+/m0/s1. The maximum atomic E-state index is 14.7. The van der Waals surface area contributed by atoms with Crippen LogP contribution in [0.1, 0.15) is 93.6 Å². The highest BCUT2D eigenvalue weighted by Gasteiger charge is 2.50. The predicted octanol–water partition coefficient (Wildman–Crippen LogP) is 8.49. The van der Waals surface area contributed by atoms with Crippen LogP contribution in [0.5, 0.6) is 11.6 Å². The number of nitrogens with one attached hydrogen (secondary N) is 3. The highest BCUT2D eigenvalue weighted by Crippen LogP contribution is 2.55. The molecule has 6 aliphatic rings. The average molecular weight is 975 g/mol. The van der Waals surface area contributed by atoms with Crippen molar-refractivity contribution in [1.82, 2.24) is 19.6 Å². The van der Waals surface area contributed by atoms with Crippen molar-refractivity contribution in [2.75, 3.05) is 67.7 Å². The number of rotatable bonds is 13. The van der Waals surface area contributed by atoms with Crippen LogP contribution < -0.4 is 29.3 Å². The van der Waals surface area contributed by atoms with Gasteiger partial charge in [-0.25, -0.2) is 13.1 Å². The molecule has 5 fully saturated rings. The summed E-state index contributed by atoms with van der Waals surface area (Å²) in [7, 11) is -4.59. The number of aromatic amines is 1. The summed E-state index contributed by atoms with van der Waals surface area (Å²) in [4.78, 5) is 41.2. The topological polar surface area (TPSA) is 194 Å². The van der Waals surface area contributed by atoms with Crippen LogP contribution in [0.25, 0.3) is 11.0 Å². The first kappa shape index (κ1) is 46.4. The number of carbonyl (C=O) groups is 1. The van der Waals surface area contributed by atoms with E-state index in [-0.39, 0.29) is 34.7 Å². The van der Waals surface area contributed by atoms with Crippen LogP contribution in [0.3, 0.4) is 0 Å². The molecule has 18 heteroatoms. The van der Waals surface area contributed by atoms with E-state index in [0.717, 1.165) is 74.6 Å². The second-order valence-electron chi connectivity index (χ2n) is 20.3. The third-order valence-electron chi connectivity index (χ3n) is 15.6. The minimum absolute atomic E-state index is 0.113. The molecule has 5 aliphatic heterocycles. The van der Waals surface area contributed by atoms with E-state index >= 15 is 0 Å². The smallest absolute Gasteiger partial charge is 0.293 e. The zero-order chi connectivity index (χ0) is 48.1. The summed E-state index contributed by atoms with van der Waals surface area (Å²) in [6.45, 7) is 9.46. The van der Waals surface area contributed by atoms with Gasteiger partial charge in [-0.3, -0.25) is 19.8 Å². The molecule has 0 bridgehead atoms. The largest absolute Gasteiger partial charge is 0.491 e. The zero-order valence-electron chi connectivity index (χ0n) is 39.8. The van der Waals surface area contributed by atoms with Crippen molar-refractivity contribution in [1.29, 1.82) is 0 Å². The van der Waals surface area contributed by atoms with Crippen LogP contribution in [0.15, 0.2) is 83.9 Å². The van der Waals surface area contributed by atoms with Crippen molar-refractivity contribution in [3.8, 4) is 11.6 Å². The number of pyridine rings is 1. The Morgan fingerprint density at radius 2 is 1.76 bits per heavy atom. The van der Waals surface area contributed by atoms with Gasteiger partial charge in [0.15, 0.2) is 0 Å². The highest BCUT2D eigenvalue weighted by atomic mass is 32.2. The molecule has 7 heterocycles. The van der Waals surface area contributed by atoms with Gasteiger partial charge in [-0.15, -0.1) is 0 Å². The number of nitro benzene ring substituents is 1. The maximum absolute atomic E-state index is 14.7. The number of anilines is 4. The number of H-pyrrole nitrogens is 1. The normalized spacial score (nSPS) is 22.9. The number of aromatic nitrogens is 2. The summed E-state index contributed by atoms with van der Waals surface area (Å²) in [5.74, 6) is 0.773. The minimum Gasteiger partial charge on any atom is -0.491 e. The van der Waals surface area contributed by atoms with Gasteiger partial charge in [-0.1, -0.05) is 18.2 Å². The lowest BCUT2D eigenvalue weighted by molar-refractivity contribution is -0.384. The van der Waals surface area contributed by atoms with Gasteiger partial charge in [0.25, 0.3) is 21.6 Å². The van der Waals surface area contributed by atoms with Crippen molar-refractivity contribution < 1.29 is 37.1 Å². The number of hydrogen-bond acceptors (Lipinski definition) is 14. The van der Waals surface area contributed by atoms with E-state index in [1.54, 1.807) is 6.07 Å². The van der Waals surface area contributed by atoms with Gasteiger partial charge >= 0.3 is 0 Å². The fourth-order valence-electron chi connectivity index (χ4n) is 12.0. The number of hydrogen-bond donors (Lipinski definition) is 3. The number of piperidine rings is 1. The Morgan fingerprint density at radius 3 is 2.56 bits per heavy atom. The molecular weight excluding hydrogens is 913 g/mol. The maximum Gasteiger partial charge on any atom is 0.293 e. The Balaban J connectivity index is 0.867. The van der Waals surface area contributed by atoms with Crippen LogP contribution in [-0.2, 0) is 19.5 Å². The number of nitro groups is 1. The van der Waals surface area contributed by atoms with Crippen molar-refractivity contribution in [2.24, 2.45) is 11.3 Å².